The summed E-state index contributed by atoms with van der Waals surface area (Å²) in [5.41, 5.74) is 3.57. The number of halogens is 5. The van der Waals surface area contributed by atoms with E-state index in [2.05, 4.69) is 30.1 Å². The highest BCUT2D eigenvalue weighted by molar-refractivity contribution is 6.36. The summed E-state index contributed by atoms with van der Waals surface area (Å²) in [4.78, 5) is 19.4. The zero-order valence-electron chi connectivity index (χ0n) is 19.3. The minimum Gasteiger partial charge on any atom is -0.280 e. The van der Waals surface area contributed by atoms with Crippen molar-refractivity contribution in [1.82, 2.24) is 30.1 Å². The average Bonchev–Trinajstić information content (AvgIpc) is 3.63. The second-order valence-electron chi connectivity index (χ2n) is 8.61. The van der Waals surface area contributed by atoms with Gasteiger partial charge >= 0.3 is 0 Å². The molecule has 1 fully saturated rings. The Morgan fingerprint density at radius 1 is 0.711 bits per heavy atom. The molecule has 190 valence electrons. The van der Waals surface area contributed by atoms with Crippen LogP contribution in [0.5, 0.6) is 0 Å². The first-order chi connectivity index (χ1) is 18.4. The molecule has 0 saturated heterocycles. The van der Waals surface area contributed by atoms with Crippen molar-refractivity contribution >= 4 is 75.3 Å². The maximum absolute atomic E-state index is 6.78. The van der Waals surface area contributed by atoms with Crippen molar-refractivity contribution in [2.45, 2.75) is 18.8 Å². The Balaban J connectivity index is 1.62. The predicted molar refractivity (Wildman–Crippen MR) is 152 cm³/mol. The van der Waals surface area contributed by atoms with Crippen molar-refractivity contribution in [2.24, 2.45) is 0 Å². The number of rotatable bonds is 6. The van der Waals surface area contributed by atoms with E-state index in [1.165, 1.54) is 0 Å². The fourth-order valence-electron chi connectivity index (χ4n) is 4.16. The van der Waals surface area contributed by atoms with Gasteiger partial charge in [-0.05, 0) is 48.2 Å². The minimum atomic E-state index is -0.0354. The number of nitrogens with one attached hydrogen (secondary N) is 1. The van der Waals surface area contributed by atoms with E-state index in [0.717, 1.165) is 18.5 Å². The molecule has 0 unspecified atom stereocenters. The first kappa shape index (κ1) is 25.3. The topological polar surface area (TPSA) is 83.5 Å². The van der Waals surface area contributed by atoms with Gasteiger partial charge in [0.2, 0.25) is 10.6 Å². The third-order valence-electron chi connectivity index (χ3n) is 6.06. The Morgan fingerprint density at radius 3 is 2.05 bits per heavy atom. The summed E-state index contributed by atoms with van der Waals surface area (Å²) < 4.78 is 0. The van der Waals surface area contributed by atoms with Gasteiger partial charge < -0.3 is 0 Å². The molecule has 7 nitrogen and oxygen atoms in total. The molecule has 6 rings (SSSR count). The SMILES string of the molecule is Clc1nc(-c2ccccc2Cl)cc(N(c2cc(C3CC3)[nH]n2)c2c(Cl)nc(Cl)nc2-c2ccccc2Cl)n1. The largest absolute Gasteiger partial charge is 0.280 e. The molecule has 0 amide bonds. The van der Waals surface area contributed by atoms with Crippen LogP contribution in [0, 0.1) is 0 Å². The Labute approximate surface area is 242 Å². The van der Waals surface area contributed by atoms with E-state index < -0.39 is 0 Å². The van der Waals surface area contributed by atoms with Crippen LogP contribution in [0.4, 0.5) is 17.3 Å². The van der Waals surface area contributed by atoms with Crippen molar-refractivity contribution in [3.63, 3.8) is 0 Å². The lowest BCUT2D eigenvalue weighted by molar-refractivity contribution is 0.957. The normalized spacial score (nSPS) is 13.1. The second kappa shape index (κ2) is 10.3. The van der Waals surface area contributed by atoms with E-state index in [1.807, 2.05) is 42.5 Å². The van der Waals surface area contributed by atoms with Crippen molar-refractivity contribution in [3.05, 3.63) is 92.1 Å². The number of hydrogen-bond donors (Lipinski definition) is 1. The summed E-state index contributed by atoms with van der Waals surface area (Å²) >= 11 is 32.6. The first-order valence-corrected chi connectivity index (χ1v) is 13.4. The summed E-state index contributed by atoms with van der Waals surface area (Å²) in [7, 11) is 0. The summed E-state index contributed by atoms with van der Waals surface area (Å²) in [6.45, 7) is 0. The highest BCUT2D eigenvalue weighted by Crippen LogP contribution is 2.47. The van der Waals surface area contributed by atoms with Gasteiger partial charge in [0.05, 0.1) is 10.7 Å². The molecule has 12 heteroatoms. The van der Waals surface area contributed by atoms with Crippen LogP contribution in [0.1, 0.15) is 24.5 Å². The Hall–Kier alpha value is -2.94. The lowest BCUT2D eigenvalue weighted by atomic mass is 10.1. The Kier molecular flexibility index (Phi) is 6.88. The van der Waals surface area contributed by atoms with Crippen molar-refractivity contribution in [1.29, 1.82) is 0 Å². The van der Waals surface area contributed by atoms with E-state index in [9.17, 15) is 0 Å². The smallest absolute Gasteiger partial charge is 0.224 e. The van der Waals surface area contributed by atoms with Crippen LogP contribution >= 0.6 is 58.0 Å². The van der Waals surface area contributed by atoms with Crippen LogP contribution in [0.25, 0.3) is 22.5 Å². The zero-order chi connectivity index (χ0) is 26.4. The molecule has 3 aromatic heterocycles. The molecular weight excluding hydrogens is 588 g/mol. The predicted octanol–water partition coefficient (Wildman–Crippen LogP) is 8.94. The summed E-state index contributed by atoms with van der Waals surface area (Å²) in [5, 5.41) is 8.74. The lowest BCUT2D eigenvalue weighted by Crippen LogP contribution is -2.16. The molecule has 38 heavy (non-hydrogen) atoms. The monoisotopic (exact) mass is 601 g/mol. The van der Waals surface area contributed by atoms with Crippen molar-refractivity contribution in [3.8, 4) is 22.5 Å². The highest BCUT2D eigenvalue weighted by atomic mass is 35.5. The molecular formula is C26H16Cl5N7. The number of H-pyrrole nitrogens is 1. The second-order valence-corrected chi connectivity index (χ2v) is 10.5. The Morgan fingerprint density at radius 2 is 1.37 bits per heavy atom. The van der Waals surface area contributed by atoms with Gasteiger partial charge in [0.15, 0.2) is 11.0 Å². The van der Waals surface area contributed by atoms with Gasteiger partial charge in [-0.25, -0.2) is 15.0 Å². The lowest BCUT2D eigenvalue weighted by Gasteiger charge is -2.25. The number of anilines is 3. The molecule has 1 saturated carbocycles. The van der Waals surface area contributed by atoms with E-state index >= 15 is 0 Å². The van der Waals surface area contributed by atoms with Crippen LogP contribution in [0.15, 0.2) is 60.7 Å². The average molecular weight is 604 g/mol. The van der Waals surface area contributed by atoms with Crippen LogP contribution in [0.2, 0.25) is 25.8 Å². The van der Waals surface area contributed by atoms with Gasteiger partial charge in [0.25, 0.3) is 0 Å². The third kappa shape index (κ3) is 4.93. The van der Waals surface area contributed by atoms with Gasteiger partial charge in [0.1, 0.15) is 17.2 Å². The van der Waals surface area contributed by atoms with Gasteiger partial charge in [0, 0.05) is 39.9 Å². The Bertz CT molecular complexity index is 1670. The first-order valence-electron chi connectivity index (χ1n) is 11.5. The van der Waals surface area contributed by atoms with Gasteiger partial charge in [-0.3, -0.25) is 10.00 Å². The van der Waals surface area contributed by atoms with E-state index in [4.69, 9.17) is 58.0 Å². The summed E-state index contributed by atoms with van der Waals surface area (Å²) in [5.74, 6) is 1.30. The van der Waals surface area contributed by atoms with Crippen molar-refractivity contribution < 1.29 is 0 Å². The van der Waals surface area contributed by atoms with E-state index in [0.29, 0.717) is 55.8 Å². The van der Waals surface area contributed by atoms with E-state index in [-0.39, 0.29) is 15.7 Å². The van der Waals surface area contributed by atoms with E-state index in [1.54, 1.807) is 23.1 Å². The zero-order valence-corrected chi connectivity index (χ0v) is 23.1. The van der Waals surface area contributed by atoms with Crippen LogP contribution < -0.4 is 4.90 Å². The number of benzene rings is 2. The van der Waals surface area contributed by atoms with Gasteiger partial charge in [-0.15, -0.1) is 0 Å². The van der Waals surface area contributed by atoms with Crippen LogP contribution in [-0.4, -0.2) is 30.1 Å². The third-order valence-corrected chi connectivity index (χ3v) is 7.32. The minimum absolute atomic E-state index is 0.00525. The maximum Gasteiger partial charge on any atom is 0.224 e. The van der Waals surface area contributed by atoms with Crippen LogP contribution in [-0.2, 0) is 0 Å². The van der Waals surface area contributed by atoms with Crippen LogP contribution in [0.3, 0.4) is 0 Å². The molecule has 0 spiro atoms. The van der Waals surface area contributed by atoms with Gasteiger partial charge in [-0.2, -0.15) is 10.1 Å². The number of aromatic amines is 1. The molecule has 2 aromatic carbocycles. The number of aromatic nitrogens is 6. The fraction of sp³-hybridized carbons (Fsp3) is 0.115. The summed E-state index contributed by atoms with van der Waals surface area (Å²) in [6, 6.07) is 18.3. The number of nitrogens with zero attached hydrogens (tertiary/aromatic N) is 6. The fourth-order valence-corrected chi connectivity index (χ4v) is 5.26. The molecule has 0 aliphatic heterocycles. The molecule has 0 atom stereocenters. The summed E-state index contributed by atoms with van der Waals surface area (Å²) in [6.07, 6.45) is 2.18. The molecule has 0 bridgehead atoms. The standard InChI is InChI=1S/C26H16Cl5N7/c27-16-7-3-1-5-14(16)19-12-20(33-25(30)32-19)38(21-11-18(36-37-21)13-9-10-13)23-22(34-26(31)35-24(23)29)15-6-2-4-8-17(15)28/h1-8,11-13H,9-10H2,(H,36,37). The maximum atomic E-state index is 6.78. The molecule has 3 heterocycles. The molecule has 5 aromatic rings. The molecule has 0 radical (unpaired) electrons. The van der Waals surface area contributed by atoms with Crippen molar-refractivity contribution in [2.75, 3.05) is 4.90 Å². The molecule has 1 N–H and O–H groups in total. The number of hydrogen-bond acceptors (Lipinski definition) is 6. The molecule has 1 aliphatic carbocycles. The molecule has 1 aliphatic rings. The quantitative estimate of drug-likeness (QED) is 0.154. The highest BCUT2D eigenvalue weighted by Gasteiger charge is 2.31. The van der Waals surface area contributed by atoms with Gasteiger partial charge in [-0.1, -0.05) is 71.2 Å².